The van der Waals surface area contributed by atoms with E-state index in [1.807, 2.05) is 30.3 Å². The van der Waals surface area contributed by atoms with Crippen molar-refractivity contribution in [3.05, 3.63) is 59.7 Å². The van der Waals surface area contributed by atoms with E-state index in [0.29, 0.717) is 0 Å². The van der Waals surface area contributed by atoms with E-state index in [-0.39, 0.29) is 5.69 Å². The summed E-state index contributed by atoms with van der Waals surface area (Å²) in [5, 5.41) is 8.56. The number of nitrogens with zero attached hydrogens (tertiary/aromatic N) is 2. The predicted molar refractivity (Wildman–Crippen MR) is 64.9 cm³/mol. The third-order valence-corrected chi connectivity index (χ3v) is 3.20. The summed E-state index contributed by atoms with van der Waals surface area (Å²) in [6, 6.07) is 13.0. The summed E-state index contributed by atoms with van der Waals surface area (Å²) >= 11 is 1.49. The second-order valence-corrected chi connectivity index (χ2v) is 4.44. The molecule has 0 atom stereocenters. The molecule has 2 aromatic rings. The second-order valence-electron chi connectivity index (χ2n) is 3.39. The largest absolute Gasteiger partial charge is 0.241 e. The minimum Gasteiger partial charge on any atom is -0.241 e. The van der Waals surface area contributed by atoms with Crippen molar-refractivity contribution in [1.82, 2.24) is 4.98 Å². The van der Waals surface area contributed by atoms with Crippen LogP contribution in [0.5, 0.6) is 0 Å². The fourth-order valence-electron chi connectivity index (χ4n) is 1.32. The lowest BCUT2D eigenvalue weighted by molar-refractivity contribution is 0.612. The number of pyridine rings is 1. The van der Waals surface area contributed by atoms with Gasteiger partial charge in [-0.25, -0.2) is 9.37 Å². The molecule has 1 aromatic heterocycles. The molecule has 1 aromatic carbocycles. The third kappa shape index (κ3) is 3.05. The van der Waals surface area contributed by atoms with Crippen LogP contribution >= 0.6 is 11.8 Å². The molecule has 0 aliphatic rings. The first-order valence-electron chi connectivity index (χ1n) is 5.02. The molecule has 0 N–H and O–H groups in total. The van der Waals surface area contributed by atoms with Gasteiger partial charge in [0.05, 0.1) is 0 Å². The van der Waals surface area contributed by atoms with E-state index < -0.39 is 5.82 Å². The summed E-state index contributed by atoms with van der Waals surface area (Å²) < 4.78 is 13.3. The van der Waals surface area contributed by atoms with Gasteiger partial charge in [-0.2, -0.15) is 5.26 Å². The summed E-state index contributed by atoms with van der Waals surface area (Å²) in [7, 11) is 0. The Morgan fingerprint density at radius 3 is 2.71 bits per heavy atom. The number of hydrogen-bond donors (Lipinski definition) is 0. The van der Waals surface area contributed by atoms with Gasteiger partial charge in [0.1, 0.15) is 6.07 Å². The lowest BCUT2D eigenvalue weighted by Gasteiger charge is -2.02. The van der Waals surface area contributed by atoms with Gasteiger partial charge in [-0.1, -0.05) is 30.3 Å². The predicted octanol–water partition coefficient (Wildman–Crippen LogP) is 3.38. The number of hydrogen-bond acceptors (Lipinski definition) is 3. The molecular weight excluding hydrogens is 235 g/mol. The van der Waals surface area contributed by atoms with Crippen LogP contribution in [0.1, 0.15) is 11.3 Å². The SMILES string of the molecule is N#Cc1ncc(SCc2ccccc2)cc1F. The van der Waals surface area contributed by atoms with E-state index in [1.54, 1.807) is 6.07 Å². The van der Waals surface area contributed by atoms with Crippen LogP contribution in [0.3, 0.4) is 0 Å². The summed E-state index contributed by atoms with van der Waals surface area (Å²) in [5.74, 6) is 0.194. The number of benzene rings is 1. The molecule has 0 aliphatic heterocycles. The lowest BCUT2D eigenvalue weighted by Crippen LogP contribution is -1.89. The molecule has 2 nitrogen and oxygen atoms in total. The Kier molecular flexibility index (Phi) is 3.73. The van der Waals surface area contributed by atoms with E-state index in [9.17, 15) is 4.39 Å². The number of thioether (sulfide) groups is 1. The fourth-order valence-corrected chi connectivity index (χ4v) is 2.16. The van der Waals surface area contributed by atoms with Gasteiger partial charge in [0.2, 0.25) is 0 Å². The highest BCUT2D eigenvalue weighted by Gasteiger charge is 2.04. The minimum atomic E-state index is -0.564. The molecule has 4 heteroatoms. The Labute approximate surface area is 103 Å². The average Bonchev–Trinajstić information content (AvgIpc) is 2.38. The van der Waals surface area contributed by atoms with Gasteiger partial charge in [-0.05, 0) is 11.6 Å². The Morgan fingerprint density at radius 2 is 2.06 bits per heavy atom. The van der Waals surface area contributed by atoms with E-state index >= 15 is 0 Å². The molecule has 0 spiro atoms. The Bertz CT molecular complexity index is 549. The zero-order chi connectivity index (χ0) is 12.1. The van der Waals surface area contributed by atoms with Crippen molar-refractivity contribution < 1.29 is 4.39 Å². The maximum atomic E-state index is 13.3. The van der Waals surface area contributed by atoms with Gasteiger partial charge in [-0.15, -0.1) is 11.8 Å². The van der Waals surface area contributed by atoms with Crippen molar-refractivity contribution in [2.75, 3.05) is 0 Å². The summed E-state index contributed by atoms with van der Waals surface area (Å²) in [6.45, 7) is 0. The number of aromatic nitrogens is 1. The molecule has 0 aliphatic carbocycles. The maximum absolute atomic E-state index is 13.3. The van der Waals surface area contributed by atoms with Crippen LogP contribution in [0.25, 0.3) is 0 Å². The first-order chi connectivity index (χ1) is 8.29. The highest BCUT2D eigenvalue weighted by atomic mass is 32.2. The van der Waals surface area contributed by atoms with Crippen molar-refractivity contribution in [3.8, 4) is 6.07 Å². The molecule has 84 valence electrons. The fraction of sp³-hybridized carbons (Fsp3) is 0.0769. The normalized spacial score (nSPS) is 9.88. The zero-order valence-electron chi connectivity index (χ0n) is 8.93. The molecule has 0 saturated heterocycles. The Morgan fingerprint density at radius 1 is 1.29 bits per heavy atom. The van der Waals surface area contributed by atoms with Crippen LogP contribution in [0.2, 0.25) is 0 Å². The van der Waals surface area contributed by atoms with Crippen LogP contribution in [0, 0.1) is 17.1 Å². The first kappa shape index (κ1) is 11.6. The first-order valence-corrected chi connectivity index (χ1v) is 6.00. The molecule has 17 heavy (non-hydrogen) atoms. The maximum Gasteiger partial charge on any atom is 0.176 e. The molecule has 0 bridgehead atoms. The lowest BCUT2D eigenvalue weighted by atomic mass is 10.2. The number of rotatable bonds is 3. The van der Waals surface area contributed by atoms with Crippen LogP contribution < -0.4 is 0 Å². The zero-order valence-corrected chi connectivity index (χ0v) is 9.75. The van der Waals surface area contributed by atoms with Gasteiger partial charge in [-0.3, -0.25) is 0 Å². The molecule has 1 heterocycles. The standard InChI is InChI=1S/C13H9FN2S/c14-12-6-11(8-16-13(12)7-15)17-9-10-4-2-1-3-5-10/h1-6,8H,9H2. The Balaban J connectivity index is 2.06. The monoisotopic (exact) mass is 244 g/mol. The van der Waals surface area contributed by atoms with Crippen LogP contribution in [0.4, 0.5) is 4.39 Å². The second kappa shape index (κ2) is 5.46. The molecule has 0 amide bonds. The molecule has 2 rings (SSSR count). The third-order valence-electron chi connectivity index (χ3n) is 2.17. The molecule has 0 saturated carbocycles. The van der Waals surface area contributed by atoms with Crippen LogP contribution in [-0.2, 0) is 5.75 Å². The van der Waals surface area contributed by atoms with Gasteiger partial charge in [0.15, 0.2) is 11.5 Å². The summed E-state index contributed by atoms with van der Waals surface area (Å²) in [5.41, 5.74) is 1.01. The molecular formula is C13H9FN2S. The quantitative estimate of drug-likeness (QED) is 0.776. The van der Waals surface area contributed by atoms with Gasteiger partial charge in [0, 0.05) is 16.8 Å². The summed E-state index contributed by atoms with van der Waals surface area (Å²) in [6.07, 6.45) is 1.52. The average molecular weight is 244 g/mol. The van der Waals surface area contributed by atoms with Crippen molar-refractivity contribution >= 4 is 11.8 Å². The molecule has 0 unspecified atom stereocenters. The van der Waals surface area contributed by atoms with Gasteiger partial charge in [0.25, 0.3) is 0 Å². The van der Waals surface area contributed by atoms with Gasteiger partial charge < -0.3 is 0 Å². The van der Waals surface area contributed by atoms with Crippen LogP contribution in [-0.4, -0.2) is 4.98 Å². The van der Waals surface area contributed by atoms with Crippen molar-refractivity contribution in [1.29, 1.82) is 5.26 Å². The van der Waals surface area contributed by atoms with Crippen LogP contribution in [0.15, 0.2) is 47.5 Å². The highest BCUT2D eigenvalue weighted by Crippen LogP contribution is 2.23. The van der Waals surface area contributed by atoms with Crippen molar-refractivity contribution in [2.24, 2.45) is 0 Å². The van der Waals surface area contributed by atoms with Gasteiger partial charge >= 0.3 is 0 Å². The molecule has 0 fully saturated rings. The minimum absolute atomic E-state index is 0.158. The van der Waals surface area contributed by atoms with E-state index in [2.05, 4.69) is 4.98 Å². The smallest absolute Gasteiger partial charge is 0.176 e. The topological polar surface area (TPSA) is 36.7 Å². The number of halogens is 1. The van der Waals surface area contributed by atoms with Crippen molar-refractivity contribution in [2.45, 2.75) is 10.6 Å². The van der Waals surface area contributed by atoms with E-state index in [1.165, 1.54) is 29.6 Å². The van der Waals surface area contributed by atoms with E-state index in [0.717, 1.165) is 10.6 Å². The van der Waals surface area contributed by atoms with E-state index in [4.69, 9.17) is 5.26 Å². The number of nitriles is 1. The van der Waals surface area contributed by atoms with Crippen molar-refractivity contribution in [3.63, 3.8) is 0 Å². The summed E-state index contributed by atoms with van der Waals surface area (Å²) in [4.78, 5) is 4.48. The molecule has 0 radical (unpaired) electrons. The highest BCUT2D eigenvalue weighted by molar-refractivity contribution is 7.98. The Hall–Kier alpha value is -1.86.